The number of benzene rings is 2. The zero-order valence-corrected chi connectivity index (χ0v) is 14.2. The van der Waals surface area contributed by atoms with Gasteiger partial charge >= 0.3 is 0 Å². The molecule has 0 aromatic heterocycles. The van der Waals surface area contributed by atoms with Crippen LogP contribution >= 0.6 is 0 Å². The Balaban J connectivity index is 1.65. The molecule has 1 fully saturated rings. The lowest BCUT2D eigenvalue weighted by Gasteiger charge is -2.16. The molecular weight excluding hydrogens is 316 g/mol. The highest BCUT2D eigenvalue weighted by atomic mass is 16.5. The molecule has 6 nitrogen and oxygen atoms in total. The molecule has 130 valence electrons. The van der Waals surface area contributed by atoms with Crippen LogP contribution in [0.15, 0.2) is 53.5 Å². The van der Waals surface area contributed by atoms with Crippen molar-refractivity contribution in [2.45, 2.75) is 19.4 Å². The average molecular weight is 338 g/mol. The summed E-state index contributed by atoms with van der Waals surface area (Å²) < 4.78 is 5.18. The first-order valence-corrected chi connectivity index (χ1v) is 8.26. The van der Waals surface area contributed by atoms with Crippen molar-refractivity contribution in [3.05, 3.63) is 54.1 Å². The third-order valence-electron chi connectivity index (χ3n) is 4.07. The fourth-order valence-corrected chi connectivity index (χ4v) is 2.81. The Morgan fingerprint density at radius 3 is 2.88 bits per heavy atom. The number of carbonyl (C=O) groups is 1. The second kappa shape index (κ2) is 7.70. The molecule has 0 unspecified atom stereocenters. The van der Waals surface area contributed by atoms with E-state index < -0.39 is 0 Å². The van der Waals surface area contributed by atoms with E-state index in [1.165, 1.54) is 0 Å². The number of guanidine groups is 1. The number of hydrogen-bond acceptors (Lipinski definition) is 3. The van der Waals surface area contributed by atoms with Crippen LogP contribution in [0.5, 0.6) is 5.75 Å². The minimum absolute atomic E-state index is 0.180. The second-order valence-corrected chi connectivity index (χ2v) is 5.88. The van der Waals surface area contributed by atoms with E-state index in [0.717, 1.165) is 35.7 Å². The maximum atomic E-state index is 11.9. The van der Waals surface area contributed by atoms with E-state index in [-0.39, 0.29) is 5.91 Å². The van der Waals surface area contributed by atoms with Crippen LogP contribution in [0.4, 0.5) is 11.4 Å². The molecule has 0 radical (unpaired) electrons. The Hall–Kier alpha value is -3.02. The number of carbonyl (C=O) groups excluding carboxylic acids is 1. The standard InChI is InChI=1S/C19H22N4O2/c1-25-17-8-3-6-15(12-17)22-19(20)21-13-14-5-2-7-16(11-14)23-10-4-9-18(23)24/h2-3,5-8,11-12H,4,9-10,13H2,1H3,(H3,20,21,22). The monoisotopic (exact) mass is 338 g/mol. The minimum atomic E-state index is 0.180. The SMILES string of the molecule is COc1cccc(NC(N)=NCc2cccc(N3CCCC3=O)c2)c1. The highest BCUT2D eigenvalue weighted by Gasteiger charge is 2.21. The van der Waals surface area contributed by atoms with Gasteiger partial charge in [0.25, 0.3) is 0 Å². The minimum Gasteiger partial charge on any atom is -0.497 e. The molecule has 1 aliphatic heterocycles. The number of nitrogens with one attached hydrogen (secondary N) is 1. The third kappa shape index (κ3) is 4.29. The van der Waals surface area contributed by atoms with Crippen LogP contribution < -0.4 is 20.7 Å². The molecule has 6 heteroatoms. The molecule has 0 saturated carbocycles. The van der Waals surface area contributed by atoms with Gasteiger partial charge in [0, 0.05) is 30.4 Å². The fraction of sp³-hybridized carbons (Fsp3) is 0.263. The Morgan fingerprint density at radius 2 is 2.12 bits per heavy atom. The van der Waals surface area contributed by atoms with E-state index in [4.69, 9.17) is 10.5 Å². The number of amides is 1. The zero-order chi connectivity index (χ0) is 17.6. The number of anilines is 2. The van der Waals surface area contributed by atoms with Crippen molar-refractivity contribution in [3.63, 3.8) is 0 Å². The predicted octanol–water partition coefficient (Wildman–Crippen LogP) is 2.75. The number of hydrogen-bond donors (Lipinski definition) is 2. The average Bonchev–Trinajstić information content (AvgIpc) is 3.06. The van der Waals surface area contributed by atoms with Gasteiger partial charge in [-0.3, -0.25) is 4.79 Å². The van der Waals surface area contributed by atoms with Gasteiger partial charge in [0.05, 0.1) is 13.7 Å². The van der Waals surface area contributed by atoms with E-state index in [1.807, 2.05) is 53.4 Å². The number of rotatable bonds is 5. The molecule has 0 spiro atoms. The first-order chi connectivity index (χ1) is 12.2. The maximum absolute atomic E-state index is 11.9. The topological polar surface area (TPSA) is 80.0 Å². The lowest BCUT2D eigenvalue weighted by molar-refractivity contribution is -0.117. The number of nitrogens with two attached hydrogens (primary N) is 1. The van der Waals surface area contributed by atoms with E-state index in [0.29, 0.717) is 18.9 Å². The number of methoxy groups -OCH3 is 1. The van der Waals surface area contributed by atoms with Gasteiger partial charge in [-0.15, -0.1) is 0 Å². The quantitative estimate of drug-likeness (QED) is 0.649. The van der Waals surface area contributed by atoms with Gasteiger partial charge in [0.15, 0.2) is 5.96 Å². The summed E-state index contributed by atoms with van der Waals surface area (Å²) in [5, 5.41) is 3.05. The van der Waals surface area contributed by atoms with Crippen LogP contribution in [0.25, 0.3) is 0 Å². The van der Waals surface area contributed by atoms with Crippen molar-refractivity contribution < 1.29 is 9.53 Å². The molecular formula is C19H22N4O2. The van der Waals surface area contributed by atoms with Crippen molar-refractivity contribution in [2.24, 2.45) is 10.7 Å². The van der Waals surface area contributed by atoms with Gasteiger partial charge in [-0.05, 0) is 36.2 Å². The molecule has 1 saturated heterocycles. The Bertz CT molecular complexity index is 788. The predicted molar refractivity (Wildman–Crippen MR) is 100.0 cm³/mol. The van der Waals surface area contributed by atoms with Crippen LogP contribution in [0, 0.1) is 0 Å². The molecule has 3 N–H and O–H groups in total. The summed E-state index contributed by atoms with van der Waals surface area (Å²) in [5.41, 5.74) is 8.71. The third-order valence-corrected chi connectivity index (χ3v) is 4.07. The van der Waals surface area contributed by atoms with Crippen LogP contribution in [-0.4, -0.2) is 25.5 Å². The lowest BCUT2D eigenvalue weighted by Crippen LogP contribution is -2.24. The first-order valence-electron chi connectivity index (χ1n) is 8.26. The summed E-state index contributed by atoms with van der Waals surface area (Å²) in [4.78, 5) is 18.1. The summed E-state index contributed by atoms with van der Waals surface area (Å²) in [6.45, 7) is 1.23. The van der Waals surface area contributed by atoms with Crippen LogP contribution in [-0.2, 0) is 11.3 Å². The molecule has 1 amide bonds. The first kappa shape index (κ1) is 16.8. The molecule has 25 heavy (non-hydrogen) atoms. The van der Waals surface area contributed by atoms with E-state index in [9.17, 15) is 4.79 Å². The van der Waals surface area contributed by atoms with Gasteiger partial charge in [-0.1, -0.05) is 18.2 Å². The molecule has 0 aliphatic carbocycles. The van der Waals surface area contributed by atoms with Crippen molar-refractivity contribution in [2.75, 3.05) is 23.9 Å². The largest absolute Gasteiger partial charge is 0.497 e. The number of ether oxygens (including phenoxy) is 1. The molecule has 0 bridgehead atoms. The summed E-state index contributed by atoms with van der Waals surface area (Å²) >= 11 is 0. The van der Waals surface area contributed by atoms with E-state index in [1.54, 1.807) is 7.11 Å². The molecule has 0 atom stereocenters. The molecule has 2 aromatic rings. The van der Waals surface area contributed by atoms with Gasteiger partial charge in [-0.2, -0.15) is 0 Å². The molecule has 1 aliphatic rings. The fourth-order valence-electron chi connectivity index (χ4n) is 2.81. The zero-order valence-electron chi connectivity index (χ0n) is 14.2. The van der Waals surface area contributed by atoms with Gasteiger partial charge in [0.1, 0.15) is 5.75 Å². The van der Waals surface area contributed by atoms with Crippen molar-refractivity contribution in [1.29, 1.82) is 0 Å². The summed E-state index contributed by atoms with van der Waals surface area (Å²) in [6, 6.07) is 15.4. The lowest BCUT2D eigenvalue weighted by atomic mass is 10.2. The van der Waals surface area contributed by atoms with Crippen LogP contribution in [0.2, 0.25) is 0 Å². The van der Waals surface area contributed by atoms with Crippen LogP contribution in [0.1, 0.15) is 18.4 Å². The van der Waals surface area contributed by atoms with Crippen molar-refractivity contribution in [1.82, 2.24) is 0 Å². The number of aliphatic imine (C=N–C) groups is 1. The second-order valence-electron chi connectivity index (χ2n) is 5.88. The van der Waals surface area contributed by atoms with Crippen molar-refractivity contribution >= 4 is 23.2 Å². The normalized spacial score (nSPS) is 14.7. The van der Waals surface area contributed by atoms with Gasteiger partial charge < -0.3 is 20.7 Å². The summed E-state index contributed by atoms with van der Waals surface area (Å²) in [6.07, 6.45) is 1.54. The molecule has 3 rings (SSSR count). The highest BCUT2D eigenvalue weighted by Crippen LogP contribution is 2.22. The van der Waals surface area contributed by atoms with E-state index >= 15 is 0 Å². The maximum Gasteiger partial charge on any atom is 0.227 e. The highest BCUT2D eigenvalue weighted by molar-refractivity contribution is 5.95. The Labute approximate surface area is 147 Å². The summed E-state index contributed by atoms with van der Waals surface area (Å²) in [7, 11) is 1.62. The van der Waals surface area contributed by atoms with Crippen LogP contribution in [0.3, 0.4) is 0 Å². The Morgan fingerprint density at radius 1 is 1.28 bits per heavy atom. The van der Waals surface area contributed by atoms with Gasteiger partial charge in [0.2, 0.25) is 5.91 Å². The van der Waals surface area contributed by atoms with E-state index in [2.05, 4.69) is 10.3 Å². The molecule has 2 aromatic carbocycles. The van der Waals surface area contributed by atoms with Crippen molar-refractivity contribution in [3.8, 4) is 5.75 Å². The Kier molecular flexibility index (Phi) is 5.18. The van der Waals surface area contributed by atoms with Gasteiger partial charge in [-0.25, -0.2) is 4.99 Å². The number of nitrogens with zero attached hydrogens (tertiary/aromatic N) is 2. The smallest absolute Gasteiger partial charge is 0.227 e. The summed E-state index contributed by atoms with van der Waals surface area (Å²) in [5.74, 6) is 1.26. The molecule has 1 heterocycles.